The summed E-state index contributed by atoms with van der Waals surface area (Å²) in [7, 11) is 0. The first-order valence-corrected chi connectivity index (χ1v) is 7.29. The Morgan fingerprint density at radius 3 is 2.91 bits per heavy atom. The van der Waals surface area contributed by atoms with Gasteiger partial charge in [0.2, 0.25) is 5.76 Å². The summed E-state index contributed by atoms with van der Waals surface area (Å²) in [5.41, 5.74) is 4.45. The molecule has 1 aliphatic heterocycles. The monoisotopic (exact) mass is 293 g/mol. The molecule has 2 heterocycles. The van der Waals surface area contributed by atoms with Crippen molar-refractivity contribution in [1.29, 1.82) is 0 Å². The number of carbonyl (C=O) groups is 1. The number of anilines is 1. The van der Waals surface area contributed by atoms with Gasteiger partial charge in [0, 0.05) is 24.2 Å². The Balaban J connectivity index is 1.64. The van der Waals surface area contributed by atoms with E-state index in [-0.39, 0.29) is 5.76 Å². The summed E-state index contributed by atoms with van der Waals surface area (Å²) < 4.78 is 5.30. The van der Waals surface area contributed by atoms with Gasteiger partial charge in [-0.25, -0.2) is 4.79 Å². The Labute approximate surface area is 127 Å². The van der Waals surface area contributed by atoms with Crippen LogP contribution in [0.1, 0.15) is 21.7 Å². The van der Waals surface area contributed by atoms with Gasteiger partial charge in [0.05, 0.1) is 0 Å². The van der Waals surface area contributed by atoms with Crippen molar-refractivity contribution in [1.82, 2.24) is 0 Å². The molecule has 0 radical (unpaired) electrons. The highest BCUT2D eigenvalue weighted by atomic mass is 16.4. The summed E-state index contributed by atoms with van der Waals surface area (Å²) >= 11 is 0. The highest BCUT2D eigenvalue weighted by molar-refractivity contribution is 5.91. The van der Waals surface area contributed by atoms with Crippen molar-refractivity contribution < 1.29 is 14.3 Å². The Kier molecular flexibility index (Phi) is 2.89. The van der Waals surface area contributed by atoms with Gasteiger partial charge in [-0.2, -0.15) is 0 Å². The van der Waals surface area contributed by atoms with E-state index in [4.69, 9.17) is 9.52 Å². The summed E-state index contributed by atoms with van der Waals surface area (Å²) in [5.74, 6) is -1.05. The number of furan rings is 1. The molecule has 0 aliphatic carbocycles. The number of nitrogens with zero attached hydrogens (tertiary/aromatic N) is 1. The molecule has 1 aromatic heterocycles. The van der Waals surface area contributed by atoms with Gasteiger partial charge in [-0.3, -0.25) is 0 Å². The first-order valence-electron chi connectivity index (χ1n) is 7.29. The van der Waals surface area contributed by atoms with E-state index in [1.807, 2.05) is 18.2 Å². The second-order valence-electron chi connectivity index (χ2n) is 5.59. The lowest BCUT2D eigenvalue weighted by Crippen LogP contribution is -2.19. The summed E-state index contributed by atoms with van der Waals surface area (Å²) in [5, 5.41) is 9.83. The molecule has 4 heteroatoms. The average molecular weight is 293 g/mol. The van der Waals surface area contributed by atoms with Crippen LogP contribution < -0.4 is 4.90 Å². The molecule has 4 nitrogen and oxygen atoms in total. The molecule has 0 fully saturated rings. The number of rotatable bonds is 3. The van der Waals surface area contributed by atoms with Crippen LogP contribution in [-0.4, -0.2) is 17.6 Å². The molecule has 0 unspecified atom stereocenters. The molecule has 0 spiro atoms. The lowest BCUT2D eigenvalue weighted by molar-refractivity contribution is 0.0665. The predicted molar refractivity (Wildman–Crippen MR) is 84.4 cm³/mol. The van der Waals surface area contributed by atoms with Crippen LogP contribution in [0.5, 0.6) is 0 Å². The van der Waals surface area contributed by atoms with E-state index in [1.54, 1.807) is 6.07 Å². The van der Waals surface area contributed by atoms with Crippen LogP contribution >= 0.6 is 0 Å². The minimum atomic E-state index is -1.04. The third-order valence-electron chi connectivity index (χ3n) is 4.15. The second-order valence-corrected chi connectivity index (χ2v) is 5.59. The van der Waals surface area contributed by atoms with Gasteiger partial charge in [-0.15, -0.1) is 0 Å². The minimum absolute atomic E-state index is 0.0151. The molecule has 0 amide bonds. The van der Waals surface area contributed by atoms with Gasteiger partial charge < -0.3 is 14.4 Å². The molecule has 1 N–H and O–H groups in total. The van der Waals surface area contributed by atoms with Gasteiger partial charge >= 0.3 is 5.97 Å². The van der Waals surface area contributed by atoms with Crippen LogP contribution in [0.25, 0.3) is 11.0 Å². The standard InChI is InChI=1S/C18H15NO3/c20-18(21)17-10-14-9-12(5-6-16(14)22-17)11-19-8-7-13-3-1-2-4-15(13)19/h1-6,9-10H,7-8,11H2,(H,20,21). The third-order valence-corrected chi connectivity index (χ3v) is 4.15. The Morgan fingerprint density at radius 2 is 2.05 bits per heavy atom. The van der Waals surface area contributed by atoms with E-state index in [0.717, 1.165) is 30.5 Å². The highest BCUT2D eigenvalue weighted by Gasteiger charge is 2.18. The van der Waals surface area contributed by atoms with E-state index in [2.05, 4.69) is 29.2 Å². The van der Waals surface area contributed by atoms with E-state index in [0.29, 0.717) is 5.58 Å². The van der Waals surface area contributed by atoms with Crippen LogP contribution in [0.3, 0.4) is 0 Å². The van der Waals surface area contributed by atoms with Gasteiger partial charge in [0.25, 0.3) is 0 Å². The van der Waals surface area contributed by atoms with Crippen molar-refractivity contribution in [2.75, 3.05) is 11.4 Å². The Bertz CT molecular complexity index is 866. The lowest BCUT2D eigenvalue weighted by atomic mass is 10.1. The van der Waals surface area contributed by atoms with Gasteiger partial charge in [-0.1, -0.05) is 24.3 Å². The lowest BCUT2D eigenvalue weighted by Gasteiger charge is -2.19. The van der Waals surface area contributed by atoms with Crippen molar-refractivity contribution in [3.05, 3.63) is 65.4 Å². The van der Waals surface area contributed by atoms with Crippen LogP contribution in [0.2, 0.25) is 0 Å². The molecule has 0 saturated carbocycles. The Hall–Kier alpha value is -2.75. The zero-order valence-electron chi connectivity index (χ0n) is 12.0. The highest BCUT2D eigenvalue weighted by Crippen LogP contribution is 2.29. The maximum Gasteiger partial charge on any atom is 0.371 e. The van der Waals surface area contributed by atoms with Gasteiger partial charge in [0.15, 0.2) is 0 Å². The quantitative estimate of drug-likeness (QED) is 0.800. The Morgan fingerprint density at radius 1 is 1.18 bits per heavy atom. The first-order chi connectivity index (χ1) is 10.7. The number of hydrogen-bond donors (Lipinski definition) is 1. The molecule has 1 aliphatic rings. The number of para-hydroxylation sites is 1. The number of carboxylic acids is 1. The van der Waals surface area contributed by atoms with Crippen LogP contribution in [0.15, 0.2) is 52.9 Å². The molecular formula is C18H15NO3. The van der Waals surface area contributed by atoms with E-state index in [1.165, 1.54) is 11.3 Å². The van der Waals surface area contributed by atoms with Crippen molar-refractivity contribution in [2.24, 2.45) is 0 Å². The number of carboxylic acid groups (broad SMARTS) is 1. The molecular weight excluding hydrogens is 278 g/mol. The minimum Gasteiger partial charge on any atom is -0.475 e. The summed E-state index contributed by atoms with van der Waals surface area (Å²) in [6.07, 6.45) is 1.08. The molecule has 0 atom stereocenters. The number of benzene rings is 2. The SMILES string of the molecule is O=C(O)c1cc2cc(CN3CCc4ccccc43)ccc2o1. The molecule has 110 valence electrons. The molecule has 4 rings (SSSR count). The zero-order valence-corrected chi connectivity index (χ0v) is 12.0. The third kappa shape index (κ3) is 2.13. The van der Waals surface area contributed by atoms with Crippen molar-refractivity contribution in [3.8, 4) is 0 Å². The molecule has 2 aromatic carbocycles. The van der Waals surface area contributed by atoms with E-state index in [9.17, 15) is 4.79 Å². The topological polar surface area (TPSA) is 53.7 Å². The number of fused-ring (bicyclic) bond motifs is 2. The molecule has 0 saturated heterocycles. The fraction of sp³-hybridized carbons (Fsp3) is 0.167. The van der Waals surface area contributed by atoms with Crippen molar-refractivity contribution in [2.45, 2.75) is 13.0 Å². The largest absolute Gasteiger partial charge is 0.475 e. The fourth-order valence-electron chi connectivity index (χ4n) is 3.09. The summed E-state index contributed by atoms with van der Waals surface area (Å²) in [6.45, 7) is 1.84. The molecule has 0 bridgehead atoms. The van der Waals surface area contributed by atoms with Crippen molar-refractivity contribution >= 4 is 22.6 Å². The normalized spacial score (nSPS) is 13.5. The first kappa shape index (κ1) is 13.0. The number of aromatic carboxylic acids is 1. The number of hydrogen-bond acceptors (Lipinski definition) is 3. The summed E-state index contributed by atoms with van der Waals surface area (Å²) in [4.78, 5) is 13.3. The molecule has 22 heavy (non-hydrogen) atoms. The zero-order chi connectivity index (χ0) is 15.1. The summed E-state index contributed by atoms with van der Waals surface area (Å²) in [6, 6.07) is 15.9. The maximum atomic E-state index is 11.0. The van der Waals surface area contributed by atoms with E-state index < -0.39 is 5.97 Å². The van der Waals surface area contributed by atoms with Crippen LogP contribution in [0, 0.1) is 0 Å². The van der Waals surface area contributed by atoms with Crippen molar-refractivity contribution in [3.63, 3.8) is 0 Å². The average Bonchev–Trinajstić information content (AvgIpc) is 3.11. The van der Waals surface area contributed by atoms with Gasteiger partial charge in [-0.05, 0) is 41.8 Å². The maximum absolute atomic E-state index is 11.0. The molecule has 3 aromatic rings. The van der Waals surface area contributed by atoms with Gasteiger partial charge in [0.1, 0.15) is 5.58 Å². The van der Waals surface area contributed by atoms with Crippen LogP contribution in [-0.2, 0) is 13.0 Å². The smallest absolute Gasteiger partial charge is 0.371 e. The predicted octanol–water partition coefficient (Wildman–Crippen LogP) is 3.69. The van der Waals surface area contributed by atoms with E-state index >= 15 is 0 Å². The fourth-order valence-corrected chi connectivity index (χ4v) is 3.09. The second kappa shape index (κ2) is 4.91. The van der Waals surface area contributed by atoms with Crippen LogP contribution in [0.4, 0.5) is 5.69 Å².